The molecule has 0 radical (unpaired) electrons. The largest absolute Gasteiger partial charge is 0.484 e. The third-order valence-corrected chi connectivity index (χ3v) is 5.67. The smallest absolute Gasteiger partial charge is 0.261 e. The van der Waals surface area contributed by atoms with Gasteiger partial charge in [0, 0.05) is 12.6 Å². The molecule has 2 amide bonds. The van der Waals surface area contributed by atoms with E-state index in [1.54, 1.807) is 11.8 Å². The van der Waals surface area contributed by atoms with E-state index in [-0.39, 0.29) is 24.5 Å². The number of carbonyl (C=O) groups is 2. The highest BCUT2D eigenvalue weighted by Crippen LogP contribution is 2.18. The van der Waals surface area contributed by atoms with Crippen LogP contribution in [0.2, 0.25) is 0 Å². The van der Waals surface area contributed by atoms with E-state index < -0.39 is 6.04 Å². The predicted molar refractivity (Wildman–Crippen MR) is 118 cm³/mol. The third-order valence-electron chi connectivity index (χ3n) is 5.67. The van der Waals surface area contributed by atoms with Gasteiger partial charge in [-0.05, 0) is 49.9 Å². The van der Waals surface area contributed by atoms with Crippen LogP contribution in [-0.4, -0.2) is 35.4 Å². The minimum Gasteiger partial charge on any atom is -0.484 e. The molecular formula is C25H32N2O3. The van der Waals surface area contributed by atoms with Crippen molar-refractivity contribution in [3.05, 3.63) is 65.7 Å². The van der Waals surface area contributed by atoms with Gasteiger partial charge >= 0.3 is 0 Å². The van der Waals surface area contributed by atoms with E-state index in [9.17, 15) is 9.59 Å². The Kier molecular flexibility index (Phi) is 7.89. The molecule has 0 spiro atoms. The van der Waals surface area contributed by atoms with Crippen LogP contribution in [0.1, 0.15) is 50.2 Å². The molecule has 5 nitrogen and oxygen atoms in total. The molecule has 0 saturated heterocycles. The van der Waals surface area contributed by atoms with Crippen LogP contribution >= 0.6 is 0 Å². The molecule has 1 unspecified atom stereocenters. The Labute approximate surface area is 179 Å². The number of nitrogens with zero attached hydrogens (tertiary/aromatic N) is 1. The predicted octanol–water partition coefficient (Wildman–Crippen LogP) is 4.24. The second-order valence-electron chi connectivity index (χ2n) is 8.13. The second-order valence-corrected chi connectivity index (χ2v) is 8.13. The fourth-order valence-electron chi connectivity index (χ4n) is 3.86. The van der Waals surface area contributed by atoms with Crippen LogP contribution in [-0.2, 0) is 16.1 Å². The molecule has 1 saturated carbocycles. The zero-order valence-electron chi connectivity index (χ0n) is 18.0. The molecule has 1 aliphatic carbocycles. The summed E-state index contributed by atoms with van der Waals surface area (Å²) in [5.74, 6) is 0.357. The van der Waals surface area contributed by atoms with Crippen molar-refractivity contribution in [3.8, 4) is 5.75 Å². The van der Waals surface area contributed by atoms with Gasteiger partial charge in [-0.1, -0.05) is 61.7 Å². The van der Waals surface area contributed by atoms with Gasteiger partial charge in [0.25, 0.3) is 5.91 Å². The van der Waals surface area contributed by atoms with Gasteiger partial charge in [0.1, 0.15) is 11.8 Å². The van der Waals surface area contributed by atoms with E-state index in [1.165, 1.54) is 6.42 Å². The van der Waals surface area contributed by atoms with Gasteiger partial charge in [0.15, 0.2) is 6.61 Å². The number of carbonyl (C=O) groups excluding carboxylic acids is 2. The Balaban J connectivity index is 1.68. The average molecular weight is 409 g/mol. The number of nitrogens with one attached hydrogen (secondary N) is 1. The van der Waals surface area contributed by atoms with E-state index in [2.05, 4.69) is 5.32 Å². The summed E-state index contributed by atoms with van der Waals surface area (Å²) in [7, 11) is 0. The maximum Gasteiger partial charge on any atom is 0.261 e. The summed E-state index contributed by atoms with van der Waals surface area (Å²) in [4.78, 5) is 27.6. The van der Waals surface area contributed by atoms with Gasteiger partial charge < -0.3 is 15.0 Å². The Morgan fingerprint density at radius 3 is 2.50 bits per heavy atom. The Morgan fingerprint density at radius 1 is 1.07 bits per heavy atom. The molecule has 2 aromatic rings. The van der Waals surface area contributed by atoms with Crippen molar-refractivity contribution in [1.29, 1.82) is 0 Å². The van der Waals surface area contributed by atoms with Crippen molar-refractivity contribution < 1.29 is 14.3 Å². The van der Waals surface area contributed by atoms with E-state index in [0.717, 1.165) is 36.8 Å². The van der Waals surface area contributed by atoms with Crippen LogP contribution in [0.3, 0.4) is 0 Å². The van der Waals surface area contributed by atoms with E-state index in [4.69, 9.17) is 4.74 Å². The normalized spacial score (nSPS) is 15.3. The number of aryl methyl sites for hydroxylation is 1. The van der Waals surface area contributed by atoms with Gasteiger partial charge in [0.05, 0.1) is 0 Å². The monoisotopic (exact) mass is 408 g/mol. The summed E-state index contributed by atoms with van der Waals surface area (Å²) in [5, 5.41) is 3.15. The SMILES string of the molecule is Cc1cccc(OCC(=O)N(Cc2ccccc2)C(C)C(=O)NC2CCCCC2)c1. The van der Waals surface area contributed by atoms with Crippen LogP contribution in [0.25, 0.3) is 0 Å². The molecule has 3 rings (SSSR count). The molecule has 5 heteroatoms. The summed E-state index contributed by atoms with van der Waals surface area (Å²) in [6, 6.07) is 17.0. The van der Waals surface area contributed by atoms with Crippen LogP contribution < -0.4 is 10.1 Å². The number of hydrogen-bond donors (Lipinski definition) is 1. The standard InChI is InChI=1S/C25H32N2O3/c1-19-10-9-15-23(16-19)30-18-24(28)27(17-21-11-5-3-6-12-21)20(2)25(29)26-22-13-7-4-8-14-22/h3,5-6,9-12,15-16,20,22H,4,7-8,13-14,17-18H2,1-2H3,(H,26,29). The molecule has 0 aliphatic heterocycles. The van der Waals surface area contributed by atoms with Crippen LogP contribution in [0.4, 0.5) is 0 Å². The lowest BCUT2D eigenvalue weighted by Gasteiger charge is -2.31. The first kappa shape index (κ1) is 21.9. The van der Waals surface area contributed by atoms with Crippen LogP contribution in [0.5, 0.6) is 5.75 Å². The molecular weight excluding hydrogens is 376 g/mol. The van der Waals surface area contributed by atoms with Crippen molar-refractivity contribution in [3.63, 3.8) is 0 Å². The fraction of sp³-hybridized carbons (Fsp3) is 0.440. The fourth-order valence-corrected chi connectivity index (χ4v) is 3.86. The van der Waals surface area contributed by atoms with E-state index in [0.29, 0.717) is 12.3 Å². The zero-order chi connectivity index (χ0) is 21.3. The minimum atomic E-state index is -0.569. The maximum absolute atomic E-state index is 13.1. The van der Waals surface area contributed by atoms with Crippen molar-refractivity contribution >= 4 is 11.8 Å². The second kappa shape index (κ2) is 10.8. The lowest BCUT2D eigenvalue weighted by Crippen LogP contribution is -2.51. The molecule has 1 atom stereocenters. The molecule has 1 aliphatic rings. The maximum atomic E-state index is 13.1. The first-order valence-electron chi connectivity index (χ1n) is 10.9. The van der Waals surface area contributed by atoms with Crippen LogP contribution in [0.15, 0.2) is 54.6 Å². The summed E-state index contributed by atoms with van der Waals surface area (Å²) in [6.07, 6.45) is 5.56. The molecule has 1 N–H and O–H groups in total. The Hall–Kier alpha value is -2.82. The van der Waals surface area contributed by atoms with Gasteiger partial charge in [-0.3, -0.25) is 9.59 Å². The highest BCUT2D eigenvalue weighted by Gasteiger charge is 2.28. The molecule has 2 aromatic carbocycles. The summed E-state index contributed by atoms with van der Waals surface area (Å²) >= 11 is 0. The molecule has 0 aromatic heterocycles. The molecule has 0 heterocycles. The molecule has 160 valence electrons. The molecule has 0 bridgehead atoms. The first-order valence-corrected chi connectivity index (χ1v) is 10.9. The highest BCUT2D eigenvalue weighted by atomic mass is 16.5. The number of amides is 2. The third kappa shape index (κ3) is 6.34. The van der Waals surface area contributed by atoms with Gasteiger partial charge in [0.2, 0.25) is 5.91 Å². The Morgan fingerprint density at radius 2 is 1.80 bits per heavy atom. The number of benzene rings is 2. The van der Waals surface area contributed by atoms with Gasteiger partial charge in [-0.2, -0.15) is 0 Å². The topological polar surface area (TPSA) is 58.6 Å². The van der Waals surface area contributed by atoms with Crippen molar-refractivity contribution in [2.75, 3.05) is 6.61 Å². The lowest BCUT2D eigenvalue weighted by molar-refractivity contribution is -0.142. The average Bonchev–Trinajstić information content (AvgIpc) is 2.77. The summed E-state index contributed by atoms with van der Waals surface area (Å²) in [6.45, 7) is 4.05. The van der Waals surface area contributed by atoms with Crippen molar-refractivity contribution in [1.82, 2.24) is 10.2 Å². The van der Waals surface area contributed by atoms with E-state index >= 15 is 0 Å². The zero-order valence-corrected chi connectivity index (χ0v) is 18.0. The van der Waals surface area contributed by atoms with Crippen molar-refractivity contribution in [2.24, 2.45) is 0 Å². The Bertz CT molecular complexity index is 831. The summed E-state index contributed by atoms with van der Waals surface area (Å²) in [5.41, 5.74) is 2.06. The minimum absolute atomic E-state index is 0.0956. The van der Waals surface area contributed by atoms with Gasteiger partial charge in [-0.15, -0.1) is 0 Å². The highest BCUT2D eigenvalue weighted by molar-refractivity contribution is 5.88. The summed E-state index contributed by atoms with van der Waals surface area (Å²) < 4.78 is 5.72. The quantitative estimate of drug-likeness (QED) is 0.711. The van der Waals surface area contributed by atoms with Gasteiger partial charge in [-0.25, -0.2) is 0 Å². The van der Waals surface area contributed by atoms with Crippen LogP contribution in [0, 0.1) is 6.92 Å². The first-order chi connectivity index (χ1) is 14.5. The number of ether oxygens (including phenoxy) is 1. The number of rotatable bonds is 8. The molecule has 1 fully saturated rings. The number of hydrogen-bond acceptors (Lipinski definition) is 3. The van der Waals surface area contributed by atoms with E-state index in [1.807, 2.05) is 61.5 Å². The lowest BCUT2D eigenvalue weighted by atomic mass is 9.95. The van der Waals surface area contributed by atoms with Crippen molar-refractivity contribution in [2.45, 2.75) is 64.6 Å². The molecule has 30 heavy (non-hydrogen) atoms.